The Hall–Kier alpha value is -3.85. The topological polar surface area (TPSA) is 84.1 Å². The van der Waals surface area contributed by atoms with Gasteiger partial charge in [-0.3, -0.25) is 4.79 Å². The summed E-state index contributed by atoms with van der Waals surface area (Å²) in [5.41, 5.74) is 2.48. The zero-order valence-electron chi connectivity index (χ0n) is 15.2. The molecule has 1 amide bonds. The van der Waals surface area contributed by atoms with Crippen LogP contribution in [-0.4, -0.2) is 23.1 Å². The fourth-order valence-electron chi connectivity index (χ4n) is 2.82. The van der Waals surface area contributed by atoms with Crippen molar-refractivity contribution in [3.63, 3.8) is 0 Å². The largest absolute Gasteiger partial charge is 0.452 e. The number of nitrogens with zero attached hydrogens (tertiary/aromatic N) is 2. The van der Waals surface area contributed by atoms with Crippen LogP contribution in [0.25, 0.3) is 17.0 Å². The predicted molar refractivity (Wildman–Crippen MR) is 107 cm³/mol. The van der Waals surface area contributed by atoms with Crippen LogP contribution in [0.15, 0.2) is 66.9 Å². The Morgan fingerprint density at radius 2 is 1.86 bits per heavy atom. The Morgan fingerprint density at radius 1 is 1.11 bits per heavy atom. The molecule has 0 saturated heterocycles. The molecule has 1 N–H and O–H groups in total. The number of fused-ring (bicyclic) bond motifs is 1. The van der Waals surface area contributed by atoms with Gasteiger partial charge in [0.2, 0.25) is 0 Å². The molecule has 0 fully saturated rings. The van der Waals surface area contributed by atoms with Crippen LogP contribution in [0.1, 0.15) is 12.0 Å². The van der Waals surface area contributed by atoms with Gasteiger partial charge in [0.05, 0.1) is 12.5 Å². The Morgan fingerprint density at radius 3 is 2.64 bits per heavy atom. The molecule has 0 unspecified atom stereocenters. The van der Waals surface area contributed by atoms with Gasteiger partial charge in [0, 0.05) is 41.0 Å². The van der Waals surface area contributed by atoms with Crippen molar-refractivity contribution in [2.75, 3.05) is 11.9 Å². The summed E-state index contributed by atoms with van der Waals surface area (Å²) < 4.78 is 6.98. The highest BCUT2D eigenvalue weighted by Gasteiger charge is 2.08. The summed E-state index contributed by atoms with van der Waals surface area (Å²) in [6, 6.07) is 18.9. The summed E-state index contributed by atoms with van der Waals surface area (Å²) in [7, 11) is 0. The van der Waals surface area contributed by atoms with Crippen molar-refractivity contribution in [1.82, 2.24) is 4.57 Å². The van der Waals surface area contributed by atoms with E-state index in [-0.39, 0.29) is 6.61 Å². The van der Waals surface area contributed by atoms with Gasteiger partial charge in [-0.25, -0.2) is 4.79 Å². The fourth-order valence-corrected chi connectivity index (χ4v) is 2.82. The molecule has 28 heavy (non-hydrogen) atoms. The molecule has 2 aromatic carbocycles. The van der Waals surface area contributed by atoms with E-state index in [1.807, 2.05) is 41.1 Å². The number of esters is 1. The van der Waals surface area contributed by atoms with E-state index in [4.69, 9.17) is 10.00 Å². The number of nitriles is 1. The van der Waals surface area contributed by atoms with Crippen LogP contribution in [0.2, 0.25) is 0 Å². The van der Waals surface area contributed by atoms with E-state index in [0.29, 0.717) is 18.7 Å². The predicted octanol–water partition coefficient (Wildman–Crippen LogP) is 3.75. The van der Waals surface area contributed by atoms with Gasteiger partial charge < -0.3 is 14.6 Å². The van der Waals surface area contributed by atoms with Crippen molar-refractivity contribution in [2.45, 2.75) is 13.0 Å². The molecule has 3 rings (SSSR count). The smallest absolute Gasteiger partial charge is 0.331 e. The van der Waals surface area contributed by atoms with Gasteiger partial charge in [0.25, 0.3) is 5.91 Å². The normalized spacial score (nSPS) is 10.7. The number of rotatable bonds is 7. The molecule has 0 radical (unpaired) electrons. The molecule has 140 valence electrons. The van der Waals surface area contributed by atoms with Crippen LogP contribution in [0.4, 0.5) is 5.69 Å². The minimum Gasteiger partial charge on any atom is -0.452 e. The van der Waals surface area contributed by atoms with Crippen molar-refractivity contribution in [3.05, 3.63) is 72.4 Å². The third-order valence-corrected chi connectivity index (χ3v) is 4.09. The van der Waals surface area contributed by atoms with Gasteiger partial charge in [-0.2, -0.15) is 5.26 Å². The number of benzene rings is 2. The van der Waals surface area contributed by atoms with Crippen molar-refractivity contribution in [2.24, 2.45) is 0 Å². The molecule has 0 aliphatic carbocycles. The van der Waals surface area contributed by atoms with Gasteiger partial charge >= 0.3 is 5.97 Å². The standard InChI is InChI=1S/C22H19N3O3/c23-13-6-14-25-15-17(19-9-4-5-10-20(19)25)11-12-22(27)28-16-21(26)24-18-7-2-1-3-8-18/h1-5,7-12,15H,6,14,16H2,(H,24,26)/b12-11+. The molecule has 0 aliphatic heterocycles. The number of aromatic nitrogens is 1. The van der Waals surface area contributed by atoms with E-state index in [9.17, 15) is 9.59 Å². The number of aryl methyl sites for hydroxylation is 1. The van der Waals surface area contributed by atoms with Crippen molar-refractivity contribution in [3.8, 4) is 6.07 Å². The van der Waals surface area contributed by atoms with E-state index in [2.05, 4.69) is 11.4 Å². The average Bonchev–Trinajstić information content (AvgIpc) is 3.08. The number of hydrogen-bond acceptors (Lipinski definition) is 4. The Bertz CT molecular complexity index is 1050. The lowest BCUT2D eigenvalue weighted by Crippen LogP contribution is -2.20. The summed E-state index contributed by atoms with van der Waals surface area (Å²) in [6.45, 7) is 0.219. The molecule has 0 bridgehead atoms. The van der Waals surface area contributed by atoms with E-state index in [1.165, 1.54) is 6.08 Å². The van der Waals surface area contributed by atoms with Crippen LogP contribution in [0.3, 0.4) is 0 Å². The summed E-state index contributed by atoms with van der Waals surface area (Å²) in [5.74, 6) is -1.00. The van der Waals surface area contributed by atoms with Gasteiger partial charge in [-0.1, -0.05) is 36.4 Å². The third kappa shape index (κ3) is 4.86. The molecule has 1 heterocycles. The lowest BCUT2D eigenvalue weighted by Gasteiger charge is -2.04. The number of ether oxygens (including phenoxy) is 1. The van der Waals surface area contributed by atoms with E-state index in [1.54, 1.807) is 30.3 Å². The second-order valence-corrected chi connectivity index (χ2v) is 6.06. The van der Waals surface area contributed by atoms with Gasteiger partial charge in [0.1, 0.15) is 0 Å². The van der Waals surface area contributed by atoms with Crippen LogP contribution >= 0.6 is 0 Å². The van der Waals surface area contributed by atoms with Gasteiger partial charge in [-0.15, -0.1) is 0 Å². The molecular formula is C22H19N3O3. The molecule has 0 spiro atoms. The fraction of sp³-hybridized carbons (Fsp3) is 0.136. The first-order valence-corrected chi connectivity index (χ1v) is 8.82. The van der Waals surface area contributed by atoms with Crippen LogP contribution in [0.5, 0.6) is 0 Å². The number of para-hydroxylation sites is 2. The Labute approximate surface area is 162 Å². The van der Waals surface area contributed by atoms with Gasteiger partial charge in [-0.05, 0) is 24.3 Å². The van der Waals surface area contributed by atoms with Crippen LogP contribution in [0, 0.1) is 11.3 Å². The maximum atomic E-state index is 11.9. The Kier molecular flexibility index (Phi) is 6.21. The lowest BCUT2D eigenvalue weighted by atomic mass is 10.1. The van der Waals surface area contributed by atoms with Gasteiger partial charge in [0.15, 0.2) is 6.61 Å². The highest BCUT2D eigenvalue weighted by atomic mass is 16.5. The summed E-state index contributed by atoms with van der Waals surface area (Å²) in [5, 5.41) is 12.4. The van der Waals surface area contributed by atoms with Crippen molar-refractivity contribution < 1.29 is 14.3 Å². The van der Waals surface area contributed by atoms with Crippen molar-refractivity contribution >= 4 is 34.5 Å². The zero-order valence-corrected chi connectivity index (χ0v) is 15.2. The number of carbonyl (C=O) groups excluding carboxylic acids is 2. The molecule has 3 aromatic rings. The summed E-state index contributed by atoms with van der Waals surface area (Å²) in [4.78, 5) is 23.8. The number of hydrogen-bond donors (Lipinski definition) is 1. The van der Waals surface area contributed by atoms with E-state index in [0.717, 1.165) is 16.5 Å². The first-order chi connectivity index (χ1) is 13.7. The molecule has 6 nitrogen and oxygen atoms in total. The van der Waals surface area contributed by atoms with E-state index >= 15 is 0 Å². The van der Waals surface area contributed by atoms with Crippen molar-refractivity contribution in [1.29, 1.82) is 5.26 Å². The number of nitrogens with one attached hydrogen (secondary N) is 1. The summed E-state index contributed by atoms with van der Waals surface area (Å²) >= 11 is 0. The maximum absolute atomic E-state index is 11.9. The molecule has 1 aromatic heterocycles. The first kappa shape index (κ1) is 18.9. The number of amides is 1. The maximum Gasteiger partial charge on any atom is 0.331 e. The highest BCUT2D eigenvalue weighted by Crippen LogP contribution is 2.22. The minimum atomic E-state index is -0.600. The molecular weight excluding hydrogens is 354 g/mol. The molecule has 6 heteroatoms. The highest BCUT2D eigenvalue weighted by molar-refractivity contribution is 5.96. The third-order valence-electron chi connectivity index (χ3n) is 4.09. The lowest BCUT2D eigenvalue weighted by molar-refractivity contribution is -0.142. The van der Waals surface area contributed by atoms with Crippen LogP contribution in [-0.2, 0) is 20.9 Å². The quantitative estimate of drug-likeness (QED) is 0.505. The average molecular weight is 373 g/mol. The number of carbonyl (C=O) groups is 2. The molecule has 0 atom stereocenters. The summed E-state index contributed by atoms with van der Waals surface area (Å²) in [6.07, 6.45) is 5.25. The monoisotopic (exact) mass is 373 g/mol. The SMILES string of the molecule is N#CCCn1cc(/C=C/C(=O)OCC(=O)Nc2ccccc2)c2ccccc21. The second-order valence-electron chi connectivity index (χ2n) is 6.06. The minimum absolute atomic E-state index is 0.359. The zero-order chi connectivity index (χ0) is 19.8. The molecule has 0 saturated carbocycles. The number of anilines is 1. The first-order valence-electron chi connectivity index (χ1n) is 8.82. The second kappa shape index (κ2) is 9.19. The molecule has 0 aliphatic rings. The van der Waals surface area contributed by atoms with Crippen LogP contribution < -0.4 is 5.32 Å². The van der Waals surface area contributed by atoms with E-state index < -0.39 is 11.9 Å². The Balaban J connectivity index is 1.61.